The molecule has 1 aliphatic rings. The van der Waals surface area contributed by atoms with Gasteiger partial charge in [-0.15, -0.1) is 0 Å². The summed E-state index contributed by atoms with van der Waals surface area (Å²) in [5.74, 6) is 0.558. The van der Waals surface area contributed by atoms with Crippen LogP contribution >= 0.6 is 0 Å². The lowest BCUT2D eigenvalue weighted by atomic mass is 10.2. The van der Waals surface area contributed by atoms with E-state index in [0.29, 0.717) is 5.96 Å². The fourth-order valence-electron chi connectivity index (χ4n) is 2.36. The molecule has 0 aliphatic carbocycles. The van der Waals surface area contributed by atoms with Crippen LogP contribution in [-0.2, 0) is 4.79 Å². The molecule has 1 saturated heterocycles. The van der Waals surface area contributed by atoms with E-state index < -0.39 is 0 Å². The number of guanidine groups is 1. The zero-order valence-corrected chi connectivity index (χ0v) is 12.8. The SMILES string of the molecule is C=CN=C(N=C)Nc1ccc(N2CCN(C(C)=O)CC2)cc1. The lowest BCUT2D eigenvalue weighted by Gasteiger charge is -2.35. The van der Waals surface area contributed by atoms with Gasteiger partial charge in [-0.05, 0) is 31.0 Å². The van der Waals surface area contributed by atoms with Gasteiger partial charge in [-0.3, -0.25) is 4.79 Å². The maximum atomic E-state index is 11.3. The van der Waals surface area contributed by atoms with Crippen LogP contribution in [0.1, 0.15) is 6.92 Å². The van der Waals surface area contributed by atoms with E-state index in [4.69, 9.17) is 0 Å². The molecule has 0 bridgehead atoms. The first-order valence-corrected chi connectivity index (χ1v) is 7.17. The molecule has 1 heterocycles. The van der Waals surface area contributed by atoms with Gasteiger partial charge in [-0.1, -0.05) is 6.58 Å². The second-order valence-corrected chi connectivity index (χ2v) is 4.96. The minimum Gasteiger partial charge on any atom is -0.368 e. The molecule has 1 fully saturated rings. The number of piperazine rings is 1. The Morgan fingerprint density at radius 2 is 1.86 bits per heavy atom. The van der Waals surface area contributed by atoms with Crippen molar-refractivity contribution >= 4 is 30.0 Å². The Balaban J connectivity index is 1.98. The van der Waals surface area contributed by atoms with E-state index in [1.165, 1.54) is 6.20 Å². The maximum absolute atomic E-state index is 11.3. The Hall–Kier alpha value is -2.63. The van der Waals surface area contributed by atoms with Crippen molar-refractivity contribution in [3.8, 4) is 0 Å². The molecule has 0 spiro atoms. The van der Waals surface area contributed by atoms with Gasteiger partial charge in [-0.2, -0.15) is 0 Å². The third-order valence-corrected chi connectivity index (χ3v) is 3.58. The summed E-state index contributed by atoms with van der Waals surface area (Å²) in [7, 11) is 0. The molecule has 6 nitrogen and oxygen atoms in total. The van der Waals surface area contributed by atoms with Crippen LogP contribution in [0.2, 0.25) is 0 Å². The number of nitrogens with one attached hydrogen (secondary N) is 1. The number of benzene rings is 1. The van der Waals surface area contributed by atoms with E-state index in [9.17, 15) is 4.79 Å². The van der Waals surface area contributed by atoms with Crippen molar-refractivity contribution in [1.29, 1.82) is 0 Å². The van der Waals surface area contributed by atoms with Gasteiger partial charge in [0.1, 0.15) is 0 Å². The number of rotatable bonds is 3. The van der Waals surface area contributed by atoms with Gasteiger partial charge in [0, 0.05) is 50.7 Å². The van der Waals surface area contributed by atoms with Crippen molar-refractivity contribution in [2.75, 3.05) is 36.4 Å². The van der Waals surface area contributed by atoms with E-state index >= 15 is 0 Å². The molecule has 1 amide bonds. The summed E-state index contributed by atoms with van der Waals surface area (Å²) in [6, 6.07) is 8.02. The first-order chi connectivity index (χ1) is 10.6. The first-order valence-electron chi connectivity index (χ1n) is 7.17. The molecule has 22 heavy (non-hydrogen) atoms. The molecule has 0 saturated carbocycles. The number of carbonyl (C=O) groups excluding carboxylic acids is 1. The zero-order valence-electron chi connectivity index (χ0n) is 12.8. The number of amides is 1. The molecule has 1 N–H and O–H groups in total. The fourth-order valence-corrected chi connectivity index (χ4v) is 2.36. The molecule has 1 aromatic rings. The molecule has 0 atom stereocenters. The van der Waals surface area contributed by atoms with Crippen molar-refractivity contribution in [3.63, 3.8) is 0 Å². The molecule has 2 rings (SSSR count). The minimum absolute atomic E-state index is 0.144. The van der Waals surface area contributed by atoms with Gasteiger partial charge in [0.2, 0.25) is 11.9 Å². The van der Waals surface area contributed by atoms with E-state index in [1.54, 1.807) is 6.92 Å². The molecule has 1 aliphatic heterocycles. The van der Waals surface area contributed by atoms with Crippen molar-refractivity contribution in [2.45, 2.75) is 6.92 Å². The van der Waals surface area contributed by atoms with Crippen LogP contribution in [0, 0.1) is 0 Å². The van der Waals surface area contributed by atoms with Crippen LogP contribution in [0.4, 0.5) is 11.4 Å². The Labute approximate surface area is 130 Å². The monoisotopic (exact) mass is 299 g/mol. The van der Waals surface area contributed by atoms with Gasteiger partial charge < -0.3 is 15.1 Å². The van der Waals surface area contributed by atoms with E-state index in [2.05, 4.69) is 33.5 Å². The standard InChI is InChI=1S/C16H21N5O/c1-4-18-16(17-3)19-14-5-7-15(8-6-14)21-11-9-20(10-12-21)13(2)22/h4-8H,1,3,9-12H2,2H3,(H,18,19). The highest BCUT2D eigenvalue weighted by atomic mass is 16.2. The predicted octanol–water partition coefficient (Wildman–Crippen LogP) is 1.97. The molecule has 116 valence electrons. The second-order valence-electron chi connectivity index (χ2n) is 4.96. The fraction of sp³-hybridized carbons (Fsp3) is 0.312. The van der Waals surface area contributed by atoms with Crippen molar-refractivity contribution < 1.29 is 4.79 Å². The summed E-state index contributed by atoms with van der Waals surface area (Å²) in [4.78, 5) is 23.2. The highest BCUT2D eigenvalue weighted by Gasteiger charge is 2.18. The lowest BCUT2D eigenvalue weighted by molar-refractivity contribution is -0.129. The lowest BCUT2D eigenvalue weighted by Crippen LogP contribution is -2.48. The Morgan fingerprint density at radius 1 is 1.23 bits per heavy atom. The summed E-state index contributed by atoms with van der Waals surface area (Å²) < 4.78 is 0. The molecule has 6 heteroatoms. The zero-order chi connectivity index (χ0) is 15.9. The van der Waals surface area contributed by atoms with Crippen molar-refractivity contribution in [3.05, 3.63) is 37.0 Å². The van der Waals surface area contributed by atoms with Gasteiger partial charge in [0.25, 0.3) is 0 Å². The quantitative estimate of drug-likeness (QED) is 0.685. The van der Waals surface area contributed by atoms with Crippen molar-refractivity contribution in [2.24, 2.45) is 9.98 Å². The number of nitrogens with zero attached hydrogens (tertiary/aromatic N) is 4. The summed E-state index contributed by atoms with van der Waals surface area (Å²) in [5, 5.41) is 3.06. The van der Waals surface area contributed by atoms with E-state index in [-0.39, 0.29) is 5.91 Å². The van der Waals surface area contributed by atoms with Crippen molar-refractivity contribution in [1.82, 2.24) is 4.90 Å². The summed E-state index contributed by atoms with van der Waals surface area (Å²) in [5.41, 5.74) is 2.03. The average Bonchev–Trinajstić information content (AvgIpc) is 2.55. The molecule has 0 aromatic heterocycles. The molecular formula is C16H21N5O. The van der Waals surface area contributed by atoms with Gasteiger partial charge >= 0.3 is 0 Å². The first kappa shape index (κ1) is 15.8. The number of carbonyl (C=O) groups is 1. The summed E-state index contributed by atoms with van der Waals surface area (Å²) in [6.45, 7) is 11.8. The van der Waals surface area contributed by atoms with E-state index in [0.717, 1.165) is 37.6 Å². The van der Waals surface area contributed by atoms with Crippen LogP contribution in [0.15, 0.2) is 47.0 Å². The summed E-state index contributed by atoms with van der Waals surface area (Å²) in [6.07, 6.45) is 1.42. The van der Waals surface area contributed by atoms with Gasteiger partial charge in [0.05, 0.1) is 0 Å². The molecule has 0 unspecified atom stereocenters. The average molecular weight is 299 g/mol. The molecule has 1 aromatic carbocycles. The molecular weight excluding hydrogens is 278 g/mol. The number of anilines is 2. The second kappa shape index (κ2) is 7.40. The van der Waals surface area contributed by atoms with Gasteiger partial charge in [0.15, 0.2) is 0 Å². The van der Waals surface area contributed by atoms with Gasteiger partial charge in [-0.25, -0.2) is 9.98 Å². The highest BCUT2D eigenvalue weighted by molar-refractivity contribution is 5.96. The van der Waals surface area contributed by atoms with Crippen LogP contribution in [0.5, 0.6) is 0 Å². The number of hydrogen-bond donors (Lipinski definition) is 1. The molecule has 0 radical (unpaired) electrons. The highest BCUT2D eigenvalue weighted by Crippen LogP contribution is 2.19. The van der Waals surface area contributed by atoms with E-state index in [1.807, 2.05) is 29.2 Å². The Morgan fingerprint density at radius 3 is 2.36 bits per heavy atom. The largest absolute Gasteiger partial charge is 0.368 e. The normalized spacial score (nSPS) is 15.4. The van der Waals surface area contributed by atoms with Crippen LogP contribution in [0.3, 0.4) is 0 Å². The predicted molar refractivity (Wildman–Crippen MR) is 91.7 cm³/mol. The third kappa shape index (κ3) is 3.94. The Bertz CT molecular complexity index is 571. The minimum atomic E-state index is 0.144. The smallest absolute Gasteiger partial charge is 0.226 e. The maximum Gasteiger partial charge on any atom is 0.226 e. The Kier molecular flexibility index (Phi) is 5.30. The van der Waals surface area contributed by atoms with Crippen LogP contribution < -0.4 is 10.2 Å². The van der Waals surface area contributed by atoms with Crippen LogP contribution in [0.25, 0.3) is 0 Å². The third-order valence-electron chi connectivity index (χ3n) is 3.58. The number of aliphatic imine (C=N–C) groups is 2. The number of hydrogen-bond acceptors (Lipinski definition) is 3. The topological polar surface area (TPSA) is 60.3 Å². The summed E-state index contributed by atoms with van der Waals surface area (Å²) >= 11 is 0. The van der Waals surface area contributed by atoms with Crippen LogP contribution in [-0.4, -0.2) is 49.7 Å².